The summed E-state index contributed by atoms with van der Waals surface area (Å²) in [6.45, 7) is 2.28. The quantitative estimate of drug-likeness (QED) is 0.704. The number of fused-ring (bicyclic) bond motifs is 1. The predicted molar refractivity (Wildman–Crippen MR) is 103 cm³/mol. The van der Waals surface area contributed by atoms with Gasteiger partial charge in [0.2, 0.25) is 0 Å². The zero-order valence-electron chi connectivity index (χ0n) is 14.9. The predicted octanol–water partition coefficient (Wildman–Crippen LogP) is 2.75. The lowest BCUT2D eigenvalue weighted by atomic mass is 9.88. The average Bonchev–Trinajstić information content (AvgIpc) is 3.07. The number of benzene rings is 1. The molecule has 1 aromatic heterocycles. The normalized spacial score (nSPS) is 15.7. The van der Waals surface area contributed by atoms with E-state index in [1.165, 1.54) is 4.88 Å². The number of amides is 2. The van der Waals surface area contributed by atoms with Crippen LogP contribution in [0, 0.1) is 5.92 Å². The van der Waals surface area contributed by atoms with Crippen LogP contribution >= 0.6 is 11.3 Å². The first-order chi connectivity index (χ1) is 12.6. The molecule has 1 atom stereocenters. The first kappa shape index (κ1) is 18.3. The number of hydrazine groups is 1. The summed E-state index contributed by atoms with van der Waals surface area (Å²) in [5.41, 5.74) is 7.55. The topological polar surface area (TPSA) is 79.5 Å². The molecular formula is C19H23N3O3S. The molecule has 1 aromatic carbocycles. The molecule has 26 heavy (non-hydrogen) atoms. The Balaban J connectivity index is 1.49. The molecule has 0 aliphatic heterocycles. The first-order valence-electron chi connectivity index (χ1n) is 8.63. The number of carbonyl (C=O) groups excluding carboxylic acids is 2. The SMILES string of the molecule is COc1cccc(NCC(=O)NNC(=O)c2csc3c2CC[C@H](C)C3)c1. The van der Waals surface area contributed by atoms with Gasteiger partial charge in [0.05, 0.1) is 19.2 Å². The Morgan fingerprint density at radius 2 is 2.15 bits per heavy atom. The van der Waals surface area contributed by atoms with Gasteiger partial charge in [-0.2, -0.15) is 0 Å². The first-order valence-corrected chi connectivity index (χ1v) is 9.51. The van der Waals surface area contributed by atoms with Gasteiger partial charge in [-0.1, -0.05) is 13.0 Å². The van der Waals surface area contributed by atoms with E-state index >= 15 is 0 Å². The number of methoxy groups -OCH3 is 1. The molecule has 2 amide bonds. The van der Waals surface area contributed by atoms with Gasteiger partial charge in [-0.3, -0.25) is 20.4 Å². The molecule has 2 aromatic rings. The van der Waals surface area contributed by atoms with Crippen molar-refractivity contribution in [3.05, 3.63) is 45.6 Å². The van der Waals surface area contributed by atoms with Crippen LogP contribution in [-0.2, 0) is 17.6 Å². The highest BCUT2D eigenvalue weighted by atomic mass is 32.1. The fraction of sp³-hybridized carbons (Fsp3) is 0.368. The minimum Gasteiger partial charge on any atom is -0.497 e. The van der Waals surface area contributed by atoms with Crippen molar-refractivity contribution in [1.82, 2.24) is 10.9 Å². The molecular weight excluding hydrogens is 350 g/mol. The van der Waals surface area contributed by atoms with Crippen molar-refractivity contribution in [1.29, 1.82) is 0 Å². The summed E-state index contributed by atoms with van der Waals surface area (Å²) in [5.74, 6) is 0.797. The Morgan fingerprint density at radius 3 is 2.96 bits per heavy atom. The van der Waals surface area contributed by atoms with E-state index in [0.717, 1.165) is 30.5 Å². The fourth-order valence-corrected chi connectivity index (χ4v) is 4.27. The second kappa shape index (κ2) is 8.23. The van der Waals surface area contributed by atoms with Crippen molar-refractivity contribution < 1.29 is 14.3 Å². The van der Waals surface area contributed by atoms with Crippen LogP contribution in [-0.4, -0.2) is 25.5 Å². The molecule has 0 saturated carbocycles. The van der Waals surface area contributed by atoms with Crippen molar-refractivity contribution in [2.75, 3.05) is 19.0 Å². The molecule has 1 aliphatic carbocycles. The van der Waals surface area contributed by atoms with E-state index in [2.05, 4.69) is 23.1 Å². The van der Waals surface area contributed by atoms with Gasteiger partial charge in [0.25, 0.3) is 11.8 Å². The maximum atomic E-state index is 12.4. The maximum absolute atomic E-state index is 12.4. The smallest absolute Gasteiger partial charge is 0.270 e. The largest absolute Gasteiger partial charge is 0.497 e. The second-order valence-corrected chi connectivity index (χ2v) is 7.45. The van der Waals surface area contributed by atoms with Gasteiger partial charge < -0.3 is 10.1 Å². The second-order valence-electron chi connectivity index (χ2n) is 6.49. The van der Waals surface area contributed by atoms with E-state index in [4.69, 9.17) is 4.74 Å². The molecule has 3 N–H and O–H groups in total. The van der Waals surface area contributed by atoms with Crippen LogP contribution in [0.5, 0.6) is 5.75 Å². The molecule has 0 unspecified atom stereocenters. The minimum absolute atomic E-state index is 0.0483. The molecule has 0 radical (unpaired) electrons. The number of nitrogens with one attached hydrogen (secondary N) is 3. The number of anilines is 1. The highest BCUT2D eigenvalue weighted by Gasteiger charge is 2.23. The summed E-state index contributed by atoms with van der Waals surface area (Å²) in [4.78, 5) is 25.6. The highest BCUT2D eigenvalue weighted by molar-refractivity contribution is 7.10. The Hall–Kier alpha value is -2.54. The summed E-state index contributed by atoms with van der Waals surface area (Å²) >= 11 is 1.63. The van der Waals surface area contributed by atoms with Gasteiger partial charge in [0.15, 0.2) is 0 Å². The van der Waals surface area contributed by atoms with Crippen LogP contribution in [0.25, 0.3) is 0 Å². The number of carbonyl (C=O) groups is 2. The molecule has 6 nitrogen and oxygen atoms in total. The summed E-state index contributed by atoms with van der Waals surface area (Å²) in [6, 6.07) is 7.30. The number of ether oxygens (including phenoxy) is 1. The van der Waals surface area contributed by atoms with Crippen molar-refractivity contribution in [3.63, 3.8) is 0 Å². The van der Waals surface area contributed by atoms with Gasteiger partial charge in [0.1, 0.15) is 5.75 Å². The average molecular weight is 373 g/mol. The van der Waals surface area contributed by atoms with Crippen molar-refractivity contribution in [2.45, 2.75) is 26.2 Å². The van der Waals surface area contributed by atoms with Crippen LogP contribution in [0.1, 0.15) is 34.1 Å². The molecule has 0 bridgehead atoms. The minimum atomic E-state index is -0.320. The van der Waals surface area contributed by atoms with Gasteiger partial charge in [-0.05, 0) is 42.9 Å². The van der Waals surface area contributed by atoms with E-state index in [-0.39, 0.29) is 18.4 Å². The number of hydrogen-bond acceptors (Lipinski definition) is 5. The number of thiophene rings is 1. The Morgan fingerprint density at radius 1 is 1.31 bits per heavy atom. The third-order valence-corrected chi connectivity index (χ3v) is 5.54. The zero-order chi connectivity index (χ0) is 18.5. The molecule has 7 heteroatoms. The lowest BCUT2D eigenvalue weighted by Crippen LogP contribution is -2.44. The third-order valence-electron chi connectivity index (χ3n) is 4.48. The Labute approximate surface area is 156 Å². The summed E-state index contributed by atoms with van der Waals surface area (Å²) in [6.07, 6.45) is 3.05. The molecule has 3 rings (SSSR count). The Kier molecular flexibility index (Phi) is 5.78. The third kappa shape index (κ3) is 4.35. The van der Waals surface area contributed by atoms with E-state index in [1.54, 1.807) is 24.5 Å². The van der Waals surface area contributed by atoms with Crippen LogP contribution < -0.4 is 20.9 Å². The van der Waals surface area contributed by atoms with Crippen molar-refractivity contribution in [3.8, 4) is 5.75 Å². The fourth-order valence-electron chi connectivity index (χ4n) is 3.02. The number of rotatable bonds is 5. The van der Waals surface area contributed by atoms with Gasteiger partial charge in [-0.15, -0.1) is 11.3 Å². The standard InChI is InChI=1S/C19H23N3O3S/c1-12-6-7-15-16(11-26-17(15)8-12)19(24)22-21-18(23)10-20-13-4-3-5-14(9-13)25-2/h3-5,9,11-12,20H,6-8,10H2,1-2H3,(H,21,23)(H,22,24)/t12-/m0/s1. The lowest BCUT2D eigenvalue weighted by Gasteiger charge is -2.18. The van der Waals surface area contributed by atoms with Crippen molar-refractivity contribution in [2.24, 2.45) is 5.92 Å². The molecule has 1 heterocycles. The molecule has 0 fully saturated rings. The van der Waals surface area contributed by atoms with E-state index in [0.29, 0.717) is 17.2 Å². The molecule has 0 saturated heterocycles. The van der Waals surface area contributed by atoms with E-state index < -0.39 is 0 Å². The van der Waals surface area contributed by atoms with Crippen LogP contribution in [0.2, 0.25) is 0 Å². The Bertz CT molecular complexity index is 803. The molecule has 138 valence electrons. The van der Waals surface area contributed by atoms with Gasteiger partial charge in [-0.25, -0.2) is 0 Å². The molecule has 0 spiro atoms. The van der Waals surface area contributed by atoms with E-state index in [1.807, 2.05) is 23.6 Å². The number of hydrogen-bond donors (Lipinski definition) is 3. The van der Waals surface area contributed by atoms with Crippen molar-refractivity contribution >= 4 is 28.8 Å². The summed E-state index contributed by atoms with van der Waals surface area (Å²) in [7, 11) is 1.59. The summed E-state index contributed by atoms with van der Waals surface area (Å²) < 4.78 is 5.14. The zero-order valence-corrected chi connectivity index (χ0v) is 15.7. The van der Waals surface area contributed by atoms with Gasteiger partial charge >= 0.3 is 0 Å². The maximum Gasteiger partial charge on any atom is 0.270 e. The lowest BCUT2D eigenvalue weighted by molar-refractivity contribution is -0.120. The van der Waals surface area contributed by atoms with Crippen LogP contribution in [0.15, 0.2) is 29.6 Å². The monoisotopic (exact) mass is 373 g/mol. The molecule has 1 aliphatic rings. The van der Waals surface area contributed by atoms with Crippen LogP contribution in [0.3, 0.4) is 0 Å². The van der Waals surface area contributed by atoms with Crippen LogP contribution in [0.4, 0.5) is 5.69 Å². The summed E-state index contributed by atoms with van der Waals surface area (Å²) in [5, 5.41) is 4.88. The highest BCUT2D eigenvalue weighted by Crippen LogP contribution is 2.32. The van der Waals surface area contributed by atoms with E-state index in [9.17, 15) is 9.59 Å². The van der Waals surface area contributed by atoms with Gasteiger partial charge in [0, 0.05) is 22.0 Å².